The van der Waals surface area contributed by atoms with Crippen molar-refractivity contribution in [2.45, 2.75) is 19.3 Å². The van der Waals surface area contributed by atoms with Crippen LogP contribution in [0.3, 0.4) is 0 Å². The molecule has 3 aromatic carbocycles. The van der Waals surface area contributed by atoms with Gasteiger partial charge in [-0.25, -0.2) is 4.98 Å². The standard InChI is InChI=1S/C24H17NS/c1-24(2)16-9-6-12-20-22(16)21-15(8-5-11-19(21)26-20)23-17(24)13-14-7-3-4-10-18(14)25-23/h3-13H,1-2H3. The highest BCUT2D eigenvalue weighted by atomic mass is 32.1. The van der Waals surface area contributed by atoms with Crippen LogP contribution >= 0.6 is 11.3 Å². The molecule has 1 aliphatic carbocycles. The first-order valence-corrected chi connectivity index (χ1v) is 9.81. The Kier molecular flexibility index (Phi) is 2.62. The number of pyridine rings is 1. The first kappa shape index (κ1) is 14.5. The largest absolute Gasteiger partial charge is 0.247 e. The molecule has 0 N–H and O–H groups in total. The van der Waals surface area contributed by atoms with Gasteiger partial charge >= 0.3 is 0 Å². The molecular formula is C24H17NS. The van der Waals surface area contributed by atoms with Crippen LogP contribution in [0.15, 0.2) is 66.7 Å². The molecule has 0 unspecified atom stereocenters. The number of fused-ring (bicyclic) bond motifs is 3. The molecule has 5 aromatic rings. The molecular weight excluding hydrogens is 334 g/mol. The van der Waals surface area contributed by atoms with E-state index in [2.05, 4.69) is 80.6 Å². The molecule has 2 heterocycles. The van der Waals surface area contributed by atoms with Crippen molar-refractivity contribution in [2.75, 3.05) is 0 Å². The molecule has 2 aromatic heterocycles. The van der Waals surface area contributed by atoms with E-state index in [0.29, 0.717) is 0 Å². The van der Waals surface area contributed by atoms with Crippen molar-refractivity contribution in [3.05, 3.63) is 77.9 Å². The average Bonchev–Trinajstić information content (AvgIpc) is 3.02. The van der Waals surface area contributed by atoms with Crippen molar-refractivity contribution in [2.24, 2.45) is 0 Å². The maximum atomic E-state index is 5.15. The number of thiophene rings is 1. The summed E-state index contributed by atoms with van der Waals surface area (Å²) in [5, 5.41) is 4.00. The monoisotopic (exact) mass is 351 g/mol. The van der Waals surface area contributed by atoms with E-state index in [-0.39, 0.29) is 5.41 Å². The number of nitrogens with zero attached hydrogens (tertiary/aromatic N) is 1. The number of para-hydroxylation sites is 1. The van der Waals surface area contributed by atoms with Gasteiger partial charge in [0.1, 0.15) is 0 Å². The van der Waals surface area contributed by atoms with Gasteiger partial charge in [-0.2, -0.15) is 0 Å². The van der Waals surface area contributed by atoms with Gasteiger partial charge in [-0.15, -0.1) is 11.3 Å². The van der Waals surface area contributed by atoms with Crippen LogP contribution in [0, 0.1) is 0 Å². The van der Waals surface area contributed by atoms with Crippen LogP contribution in [0.1, 0.15) is 25.0 Å². The molecule has 2 heteroatoms. The van der Waals surface area contributed by atoms with Gasteiger partial charge in [-0.1, -0.05) is 56.3 Å². The Morgan fingerprint density at radius 1 is 0.769 bits per heavy atom. The van der Waals surface area contributed by atoms with E-state index < -0.39 is 0 Å². The van der Waals surface area contributed by atoms with Gasteiger partial charge in [0.15, 0.2) is 0 Å². The predicted molar refractivity (Wildman–Crippen MR) is 112 cm³/mol. The minimum absolute atomic E-state index is 0.0983. The van der Waals surface area contributed by atoms with Crippen molar-refractivity contribution in [3.8, 4) is 11.3 Å². The first-order chi connectivity index (χ1) is 12.6. The van der Waals surface area contributed by atoms with Gasteiger partial charge in [0.05, 0.1) is 11.2 Å². The fourth-order valence-electron chi connectivity index (χ4n) is 4.53. The molecule has 1 nitrogen and oxygen atoms in total. The van der Waals surface area contributed by atoms with Crippen LogP contribution in [-0.4, -0.2) is 4.98 Å². The molecule has 0 amide bonds. The van der Waals surface area contributed by atoms with Gasteiger partial charge in [0.25, 0.3) is 0 Å². The maximum Gasteiger partial charge on any atom is 0.0757 e. The van der Waals surface area contributed by atoms with Crippen molar-refractivity contribution in [1.29, 1.82) is 0 Å². The highest BCUT2D eigenvalue weighted by molar-refractivity contribution is 7.26. The van der Waals surface area contributed by atoms with Crippen molar-refractivity contribution >= 4 is 42.4 Å². The normalized spacial score (nSPS) is 14.8. The smallest absolute Gasteiger partial charge is 0.0757 e. The Labute approximate surface area is 155 Å². The van der Waals surface area contributed by atoms with Gasteiger partial charge in [-0.3, -0.25) is 0 Å². The minimum Gasteiger partial charge on any atom is -0.247 e. The zero-order chi connectivity index (χ0) is 17.5. The second kappa shape index (κ2) is 4.72. The molecule has 0 saturated heterocycles. The van der Waals surface area contributed by atoms with Crippen LogP contribution in [0.25, 0.3) is 42.3 Å². The fraction of sp³-hybridized carbons (Fsp3) is 0.125. The summed E-state index contributed by atoms with van der Waals surface area (Å²) in [6.45, 7) is 4.68. The van der Waals surface area contributed by atoms with Gasteiger partial charge in [-0.05, 0) is 35.4 Å². The molecule has 0 fully saturated rings. The lowest BCUT2D eigenvalue weighted by Crippen LogP contribution is -2.20. The Morgan fingerprint density at radius 3 is 2.42 bits per heavy atom. The van der Waals surface area contributed by atoms with E-state index in [1.807, 2.05) is 11.3 Å². The highest BCUT2D eigenvalue weighted by Crippen LogP contribution is 2.50. The number of hydrogen-bond donors (Lipinski definition) is 0. The molecule has 0 spiro atoms. The Hall–Kier alpha value is -2.71. The summed E-state index contributed by atoms with van der Waals surface area (Å²) in [5.41, 5.74) is 6.10. The third-order valence-corrected chi connectivity index (χ3v) is 6.97. The Morgan fingerprint density at radius 2 is 1.54 bits per heavy atom. The van der Waals surface area contributed by atoms with Gasteiger partial charge in [0, 0.05) is 36.5 Å². The van der Waals surface area contributed by atoms with E-state index in [1.54, 1.807) is 0 Å². The molecule has 0 bridgehead atoms. The Balaban J connectivity index is 1.92. The molecule has 0 atom stereocenters. The Bertz CT molecular complexity index is 1360. The maximum absolute atomic E-state index is 5.15. The summed E-state index contributed by atoms with van der Waals surface area (Å²) >= 11 is 1.89. The predicted octanol–water partition coefficient (Wildman–Crippen LogP) is 6.91. The quantitative estimate of drug-likeness (QED) is 0.295. The van der Waals surface area contributed by atoms with Crippen LogP contribution in [0.2, 0.25) is 0 Å². The molecule has 0 aliphatic heterocycles. The SMILES string of the molecule is CC1(C)c2cc3ccccc3nc2-c2cccc3sc4cccc1c4c23. The second-order valence-corrected chi connectivity index (χ2v) is 8.75. The lowest BCUT2D eigenvalue weighted by atomic mass is 9.76. The molecule has 6 rings (SSSR count). The summed E-state index contributed by atoms with van der Waals surface area (Å²) < 4.78 is 2.72. The van der Waals surface area contributed by atoms with E-state index in [0.717, 1.165) is 11.2 Å². The van der Waals surface area contributed by atoms with E-state index >= 15 is 0 Å². The van der Waals surface area contributed by atoms with Crippen LogP contribution in [0.5, 0.6) is 0 Å². The van der Waals surface area contributed by atoms with Crippen LogP contribution in [-0.2, 0) is 5.41 Å². The van der Waals surface area contributed by atoms with Gasteiger partial charge in [0.2, 0.25) is 0 Å². The average molecular weight is 351 g/mol. The lowest BCUT2D eigenvalue weighted by molar-refractivity contribution is 0.649. The topological polar surface area (TPSA) is 12.9 Å². The van der Waals surface area contributed by atoms with Crippen LogP contribution in [0.4, 0.5) is 0 Å². The summed E-state index contributed by atoms with van der Waals surface area (Å²) in [5.74, 6) is 0. The van der Waals surface area contributed by atoms with Crippen LogP contribution < -0.4 is 0 Å². The highest BCUT2D eigenvalue weighted by Gasteiger charge is 2.33. The van der Waals surface area contributed by atoms with E-state index in [4.69, 9.17) is 4.98 Å². The zero-order valence-corrected chi connectivity index (χ0v) is 15.5. The number of aromatic nitrogens is 1. The lowest BCUT2D eigenvalue weighted by Gasteiger charge is -2.27. The fourth-order valence-corrected chi connectivity index (χ4v) is 5.69. The summed E-state index contributed by atoms with van der Waals surface area (Å²) in [6.07, 6.45) is 0. The molecule has 1 aliphatic rings. The summed E-state index contributed by atoms with van der Waals surface area (Å²) in [6, 6.07) is 24.2. The second-order valence-electron chi connectivity index (χ2n) is 7.66. The van der Waals surface area contributed by atoms with Crippen molar-refractivity contribution < 1.29 is 0 Å². The number of benzene rings is 3. The van der Waals surface area contributed by atoms with E-state index in [1.165, 1.54) is 42.2 Å². The third-order valence-electron chi connectivity index (χ3n) is 5.85. The molecule has 26 heavy (non-hydrogen) atoms. The molecule has 124 valence electrons. The third kappa shape index (κ3) is 1.68. The molecule has 0 saturated carbocycles. The number of hydrogen-bond acceptors (Lipinski definition) is 2. The summed E-state index contributed by atoms with van der Waals surface area (Å²) in [7, 11) is 0. The van der Waals surface area contributed by atoms with Gasteiger partial charge < -0.3 is 0 Å². The van der Waals surface area contributed by atoms with Crippen molar-refractivity contribution in [1.82, 2.24) is 4.98 Å². The first-order valence-electron chi connectivity index (χ1n) is 9.00. The van der Waals surface area contributed by atoms with E-state index in [9.17, 15) is 0 Å². The summed E-state index contributed by atoms with van der Waals surface area (Å²) in [4.78, 5) is 5.15. The minimum atomic E-state index is -0.0983. The van der Waals surface area contributed by atoms with Crippen molar-refractivity contribution in [3.63, 3.8) is 0 Å². The number of rotatable bonds is 0. The zero-order valence-electron chi connectivity index (χ0n) is 14.7. The molecule has 0 radical (unpaired) electrons.